The van der Waals surface area contributed by atoms with Crippen molar-refractivity contribution in [2.24, 2.45) is 0 Å². The molecule has 8 nitrogen and oxygen atoms in total. The van der Waals surface area contributed by atoms with Crippen molar-refractivity contribution in [2.75, 3.05) is 13.2 Å². The van der Waals surface area contributed by atoms with E-state index in [1.165, 1.54) is 19.3 Å². The van der Waals surface area contributed by atoms with E-state index >= 15 is 0 Å². The molecule has 0 aromatic heterocycles. The van der Waals surface area contributed by atoms with Crippen LogP contribution >= 0.6 is 7.82 Å². The second-order valence-electron chi connectivity index (χ2n) is 12.2. The normalized spacial score (nSPS) is 13.7. The predicted molar refractivity (Wildman–Crippen MR) is 216 cm³/mol. The summed E-state index contributed by atoms with van der Waals surface area (Å²) in [7, 11) is -4.79. The topological polar surface area (TPSA) is 119 Å². The molecule has 52 heavy (non-hydrogen) atoms. The van der Waals surface area contributed by atoms with E-state index in [1.807, 2.05) is 12.2 Å². The van der Waals surface area contributed by atoms with Crippen molar-refractivity contribution in [3.05, 3.63) is 109 Å². The van der Waals surface area contributed by atoms with Crippen LogP contribution in [0.25, 0.3) is 0 Å². The molecule has 0 aromatic carbocycles. The summed E-state index contributed by atoms with van der Waals surface area (Å²) in [6.07, 6.45) is 52.5. The quantitative estimate of drug-likeness (QED) is 0.0295. The van der Waals surface area contributed by atoms with Crippen LogP contribution in [0.2, 0.25) is 0 Å². The lowest BCUT2D eigenvalue weighted by molar-refractivity contribution is -0.161. The van der Waals surface area contributed by atoms with Crippen molar-refractivity contribution >= 4 is 19.8 Å². The van der Waals surface area contributed by atoms with Crippen LogP contribution in [0.4, 0.5) is 0 Å². The minimum atomic E-state index is -4.79. The number of ether oxygens (including phenoxy) is 2. The van der Waals surface area contributed by atoms with E-state index in [4.69, 9.17) is 19.3 Å². The first-order valence-corrected chi connectivity index (χ1v) is 20.7. The maximum atomic E-state index is 12.3. The summed E-state index contributed by atoms with van der Waals surface area (Å²) >= 11 is 0. The Labute approximate surface area is 315 Å². The van der Waals surface area contributed by atoms with E-state index in [0.29, 0.717) is 12.8 Å². The first-order chi connectivity index (χ1) is 25.3. The third-order valence-electron chi connectivity index (χ3n) is 7.29. The van der Waals surface area contributed by atoms with Gasteiger partial charge in [0.05, 0.1) is 6.61 Å². The van der Waals surface area contributed by atoms with Crippen LogP contribution in [-0.2, 0) is 28.2 Å². The van der Waals surface area contributed by atoms with Gasteiger partial charge in [0.1, 0.15) is 6.61 Å². The van der Waals surface area contributed by atoms with Crippen LogP contribution in [0.1, 0.15) is 129 Å². The Morgan fingerprint density at radius 2 is 0.942 bits per heavy atom. The fraction of sp³-hybridized carbons (Fsp3) is 0.535. The van der Waals surface area contributed by atoms with Gasteiger partial charge in [0, 0.05) is 12.8 Å². The van der Waals surface area contributed by atoms with Crippen molar-refractivity contribution in [3.63, 3.8) is 0 Å². The summed E-state index contributed by atoms with van der Waals surface area (Å²) in [5.74, 6) is -1.04. The molecule has 0 aliphatic carbocycles. The van der Waals surface area contributed by atoms with E-state index in [9.17, 15) is 14.2 Å². The van der Waals surface area contributed by atoms with Gasteiger partial charge in [0.2, 0.25) is 0 Å². The van der Waals surface area contributed by atoms with Crippen molar-refractivity contribution in [1.29, 1.82) is 0 Å². The number of phosphoric ester groups is 1. The molecule has 0 heterocycles. The summed E-state index contributed by atoms with van der Waals surface area (Å²) in [5, 5.41) is 0. The van der Waals surface area contributed by atoms with Gasteiger partial charge in [-0.2, -0.15) is 0 Å². The number of esters is 2. The van der Waals surface area contributed by atoms with E-state index in [1.54, 1.807) is 0 Å². The molecular weight excluding hydrogens is 675 g/mol. The first kappa shape index (κ1) is 48.7. The van der Waals surface area contributed by atoms with Gasteiger partial charge in [-0.3, -0.25) is 14.1 Å². The molecule has 0 fully saturated rings. The van der Waals surface area contributed by atoms with Crippen LogP contribution in [0, 0.1) is 0 Å². The zero-order valence-corrected chi connectivity index (χ0v) is 32.8. The molecule has 9 heteroatoms. The molecular formula is C43H67O8P. The Bertz CT molecular complexity index is 1200. The monoisotopic (exact) mass is 742 g/mol. The van der Waals surface area contributed by atoms with E-state index in [0.717, 1.165) is 70.6 Å². The molecule has 0 saturated carbocycles. The number of allylic oxidation sites excluding steroid dienone is 18. The third-order valence-corrected chi connectivity index (χ3v) is 7.77. The lowest BCUT2D eigenvalue weighted by atomic mass is 10.1. The molecule has 0 spiro atoms. The number of rotatable bonds is 33. The van der Waals surface area contributed by atoms with Crippen LogP contribution in [0.3, 0.4) is 0 Å². The number of unbranched alkanes of at least 4 members (excludes halogenated alkanes) is 5. The molecule has 0 aromatic rings. The summed E-state index contributed by atoms with van der Waals surface area (Å²) in [6, 6.07) is 0. The van der Waals surface area contributed by atoms with Gasteiger partial charge >= 0.3 is 19.8 Å². The lowest BCUT2D eigenvalue weighted by Gasteiger charge is -2.18. The van der Waals surface area contributed by atoms with Crippen LogP contribution in [0.15, 0.2) is 109 Å². The van der Waals surface area contributed by atoms with Crippen LogP contribution < -0.4 is 0 Å². The molecule has 0 amide bonds. The smallest absolute Gasteiger partial charge is 0.462 e. The summed E-state index contributed by atoms with van der Waals surface area (Å²) < 4.78 is 26.2. The summed E-state index contributed by atoms with van der Waals surface area (Å²) in [6.45, 7) is 3.42. The fourth-order valence-corrected chi connectivity index (χ4v) is 4.82. The summed E-state index contributed by atoms with van der Waals surface area (Å²) in [4.78, 5) is 42.7. The highest BCUT2D eigenvalue weighted by Crippen LogP contribution is 2.35. The highest BCUT2D eigenvalue weighted by atomic mass is 31.2. The number of hydrogen-bond donors (Lipinski definition) is 2. The Morgan fingerprint density at radius 1 is 0.519 bits per heavy atom. The Kier molecular flexibility index (Phi) is 35.1. The second kappa shape index (κ2) is 37.5. The second-order valence-corrected chi connectivity index (χ2v) is 13.4. The number of carbonyl (C=O) groups excluding carboxylic acids is 2. The molecule has 0 saturated heterocycles. The molecule has 0 bridgehead atoms. The van der Waals surface area contributed by atoms with E-state index in [-0.39, 0.29) is 19.4 Å². The van der Waals surface area contributed by atoms with Gasteiger partial charge in [-0.25, -0.2) is 4.57 Å². The predicted octanol–water partition coefficient (Wildman–Crippen LogP) is 11.6. The third kappa shape index (κ3) is 39.5. The number of hydrogen-bond acceptors (Lipinski definition) is 6. The van der Waals surface area contributed by atoms with Gasteiger partial charge in [0.25, 0.3) is 0 Å². The van der Waals surface area contributed by atoms with E-state index < -0.39 is 32.5 Å². The minimum Gasteiger partial charge on any atom is -0.462 e. The van der Waals surface area contributed by atoms with Gasteiger partial charge in [-0.05, 0) is 89.9 Å². The number of phosphoric acid groups is 1. The van der Waals surface area contributed by atoms with Gasteiger partial charge in [0.15, 0.2) is 6.10 Å². The van der Waals surface area contributed by atoms with Gasteiger partial charge in [-0.15, -0.1) is 0 Å². The molecule has 0 unspecified atom stereocenters. The molecule has 0 rings (SSSR count). The van der Waals surface area contributed by atoms with Crippen molar-refractivity contribution in [1.82, 2.24) is 0 Å². The first-order valence-electron chi connectivity index (χ1n) is 19.2. The van der Waals surface area contributed by atoms with Crippen molar-refractivity contribution in [2.45, 2.75) is 136 Å². The van der Waals surface area contributed by atoms with Crippen LogP contribution in [-0.4, -0.2) is 41.0 Å². The van der Waals surface area contributed by atoms with E-state index in [2.05, 4.69) is 116 Å². The largest absolute Gasteiger partial charge is 0.469 e. The molecule has 1 atom stereocenters. The molecule has 2 N–H and O–H groups in total. The zero-order valence-electron chi connectivity index (χ0n) is 31.9. The van der Waals surface area contributed by atoms with Gasteiger partial charge in [-0.1, -0.05) is 136 Å². The minimum absolute atomic E-state index is 0.0714. The molecule has 292 valence electrons. The maximum Gasteiger partial charge on any atom is 0.469 e. The highest BCUT2D eigenvalue weighted by molar-refractivity contribution is 7.46. The maximum absolute atomic E-state index is 12.3. The fourth-order valence-electron chi connectivity index (χ4n) is 4.46. The Hall–Kier alpha value is -3.29. The average Bonchev–Trinajstić information content (AvgIpc) is 3.11. The average molecular weight is 743 g/mol. The van der Waals surface area contributed by atoms with Gasteiger partial charge < -0.3 is 19.3 Å². The van der Waals surface area contributed by atoms with Crippen LogP contribution in [0.5, 0.6) is 0 Å². The van der Waals surface area contributed by atoms with Crippen molar-refractivity contribution in [3.8, 4) is 0 Å². The Morgan fingerprint density at radius 3 is 1.38 bits per heavy atom. The SMILES string of the molecule is CC/C=C\C/C=C\C/C=C\C/C=C\C/C=C\C/C=C\CCC(=O)O[C@H](COC(=O)CCCC/C=C\C/C=C\C/C=C\CCCCC)COP(=O)(O)O. The molecule has 0 aliphatic heterocycles. The number of carbonyl (C=O) groups is 2. The standard InChI is InChI=1S/C43H67O8P/c1-3-5-7-9-11-13-15-17-19-20-21-22-24-26-28-30-32-34-36-38-43(45)51-41(40-50-52(46,47)48)39-49-42(44)37-35-33-31-29-27-25-23-18-16-14-12-10-8-6-4-2/h5,7,11-14,17-19,21-23,26-29,32,34,41H,3-4,6,8-10,15-16,20,24-25,30-31,33,35-40H2,1-2H3,(H2,46,47,48)/b7-5-,13-11-,14-12-,19-17-,22-21-,23-18-,28-26-,29-27-,34-32-/t41-/m1/s1. The molecule has 0 radical (unpaired) electrons. The van der Waals surface area contributed by atoms with Crippen molar-refractivity contribution < 1.29 is 37.9 Å². The molecule has 0 aliphatic rings. The highest BCUT2D eigenvalue weighted by Gasteiger charge is 2.22. The lowest BCUT2D eigenvalue weighted by Crippen LogP contribution is -2.29. The zero-order chi connectivity index (χ0) is 38.2. The Balaban J connectivity index is 4.20. The summed E-state index contributed by atoms with van der Waals surface area (Å²) in [5.41, 5.74) is 0.